The van der Waals surface area contributed by atoms with E-state index in [9.17, 15) is 14.4 Å². The minimum absolute atomic E-state index is 0.243. The lowest BCUT2D eigenvalue weighted by molar-refractivity contribution is -0.155. The molecule has 7 nitrogen and oxygen atoms in total. The Labute approximate surface area is 170 Å². The van der Waals surface area contributed by atoms with Crippen molar-refractivity contribution in [1.29, 1.82) is 0 Å². The number of hydrogen-bond donors (Lipinski definition) is 2. The number of rotatable bonds is 8. The van der Waals surface area contributed by atoms with Gasteiger partial charge in [0.25, 0.3) is 5.91 Å². The van der Waals surface area contributed by atoms with Gasteiger partial charge in [-0.2, -0.15) is 0 Å². The molecule has 29 heavy (non-hydrogen) atoms. The van der Waals surface area contributed by atoms with Crippen molar-refractivity contribution in [3.8, 4) is 5.75 Å². The molecule has 0 fully saturated rings. The fourth-order valence-electron chi connectivity index (χ4n) is 2.63. The highest BCUT2D eigenvalue weighted by molar-refractivity contribution is 5.96. The number of benzene rings is 2. The van der Waals surface area contributed by atoms with Crippen LogP contribution in [-0.4, -0.2) is 30.5 Å². The summed E-state index contributed by atoms with van der Waals surface area (Å²) in [6.07, 6.45) is -1.01. The minimum Gasteiger partial charge on any atom is -0.482 e. The molecule has 1 unspecified atom stereocenters. The molecular weight excluding hydrogens is 372 g/mol. The summed E-state index contributed by atoms with van der Waals surface area (Å²) >= 11 is 0. The number of carbonyl (C=O) groups is 3. The third-order valence-corrected chi connectivity index (χ3v) is 4.25. The van der Waals surface area contributed by atoms with Crippen LogP contribution in [0.3, 0.4) is 0 Å². The number of carbonyl (C=O) groups excluding carboxylic acids is 3. The number of esters is 1. The Kier molecular flexibility index (Phi) is 7.36. The average Bonchev–Trinajstić information content (AvgIpc) is 2.66. The van der Waals surface area contributed by atoms with Gasteiger partial charge in [0.15, 0.2) is 12.7 Å². The van der Waals surface area contributed by atoms with Crippen molar-refractivity contribution in [2.75, 3.05) is 11.9 Å². The number of aryl methyl sites for hydroxylation is 1. The van der Waals surface area contributed by atoms with E-state index in [0.29, 0.717) is 17.0 Å². The monoisotopic (exact) mass is 398 g/mol. The Morgan fingerprint density at radius 3 is 2.28 bits per heavy atom. The summed E-state index contributed by atoms with van der Waals surface area (Å²) in [6.45, 7) is 7.19. The molecule has 0 aliphatic rings. The highest BCUT2D eigenvalue weighted by Crippen LogP contribution is 2.27. The van der Waals surface area contributed by atoms with Crippen LogP contribution >= 0.6 is 0 Å². The molecule has 0 radical (unpaired) electrons. The Morgan fingerprint density at radius 2 is 1.69 bits per heavy atom. The molecule has 0 aromatic heterocycles. The number of hydrogen-bond acceptors (Lipinski definition) is 5. The molecular formula is C22H26N2O5. The van der Waals surface area contributed by atoms with Crippen LogP contribution in [0.25, 0.3) is 0 Å². The normalized spacial score (nSPS) is 11.6. The molecule has 0 bridgehead atoms. The van der Waals surface area contributed by atoms with Crippen molar-refractivity contribution in [2.45, 2.75) is 39.7 Å². The highest BCUT2D eigenvalue weighted by atomic mass is 16.6. The van der Waals surface area contributed by atoms with Crippen LogP contribution in [0.15, 0.2) is 42.5 Å². The van der Waals surface area contributed by atoms with Crippen LogP contribution in [0.5, 0.6) is 5.75 Å². The van der Waals surface area contributed by atoms with Gasteiger partial charge in [-0.1, -0.05) is 26.0 Å². The van der Waals surface area contributed by atoms with Crippen LogP contribution < -0.4 is 15.8 Å². The Balaban J connectivity index is 1.89. The second kappa shape index (κ2) is 9.73. The molecule has 2 aromatic carbocycles. The van der Waals surface area contributed by atoms with Gasteiger partial charge in [-0.3, -0.25) is 9.59 Å². The maximum Gasteiger partial charge on any atom is 0.344 e. The number of anilines is 1. The van der Waals surface area contributed by atoms with Gasteiger partial charge in [-0.05, 0) is 61.2 Å². The number of nitrogens with one attached hydrogen (secondary N) is 1. The van der Waals surface area contributed by atoms with Crippen LogP contribution in [-0.2, 0) is 14.3 Å². The van der Waals surface area contributed by atoms with Crippen molar-refractivity contribution in [3.63, 3.8) is 0 Å². The highest BCUT2D eigenvalue weighted by Gasteiger charge is 2.19. The molecule has 3 N–H and O–H groups in total. The van der Waals surface area contributed by atoms with Crippen molar-refractivity contribution in [2.24, 2.45) is 5.73 Å². The third kappa shape index (κ3) is 6.34. The summed E-state index contributed by atoms with van der Waals surface area (Å²) in [7, 11) is 0. The van der Waals surface area contributed by atoms with E-state index < -0.39 is 23.9 Å². The van der Waals surface area contributed by atoms with Gasteiger partial charge in [0.1, 0.15) is 5.75 Å². The van der Waals surface area contributed by atoms with Gasteiger partial charge in [-0.15, -0.1) is 0 Å². The number of amides is 2. The average molecular weight is 398 g/mol. The fraction of sp³-hybridized carbons (Fsp3) is 0.318. The fourth-order valence-corrected chi connectivity index (χ4v) is 2.63. The Morgan fingerprint density at radius 1 is 1.03 bits per heavy atom. The van der Waals surface area contributed by atoms with Gasteiger partial charge in [0.2, 0.25) is 5.91 Å². The van der Waals surface area contributed by atoms with Gasteiger partial charge in [-0.25, -0.2) is 4.79 Å². The van der Waals surface area contributed by atoms with Crippen LogP contribution in [0.4, 0.5) is 5.69 Å². The minimum atomic E-state index is -1.01. The zero-order valence-electron chi connectivity index (χ0n) is 17.0. The molecule has 0 spiro atoms. The lowest BCUT2D eigenvalue weighted by Crippen LogP contribution is -2.31. The molecule has 154 valence electrons. The lowest BCUT2D eigenvalue weighted by atomic mass is 10.0. The first-order valence-electron chi connectivity index (χ1n) is 9.31. The predicted octanol–water partition coefficient (Wildman–Crippen LogP) is 3.17. The van der Waals surface area contributed by atoms with Crippen LogP contribution in [0, 0.1) is 6.92 Å². The maximum absolute atomic E-state index is 12.2. The van der Waals surface area contributed by atoms with E-state index in [1.807, 2.05) is 39.0 Å². The summed E-state index contributed by atoms with van der Waals surface area (Å²) in [4.78, 5) is 35.4. The lowest BCUT2D eigenvalue weighted by Gasteiger charge is -2.16. The first kappa shape index (κ1) is 21.9. The maximum atomic E-state index is 12.2. The molecule has 2 amide bonds. The second-order valence-electron chi connectivity index (χ2n) is 7.05. The zero-order valence-corrected chi connectivity index (χ0v) is 17.0. The number of primary amides is 1. The molecule has 1 atom stereocenters. The molecule has 0 saturated carbocycles. The van der Waals surface area contributed by atoms with Gasteiger partial charge in [0, 0.05) is 11.3 Å². The van der Waals surface area contributed by atoms with Crippen molar-refractivity contribution in [3.05, 3.63) is 59.2 Å². The largest absolute Gasteiger partial charge is 0.482 e. The van der Waals surface area contributed by atoms with E-state index in [4.69, 9.17) is 15.2 Å². The van der Waals surface area contributed by atoms with E-state index in [2.05, 4.69) is 5.32 Å². The first-order valence-corrected chi connectivity index (χ1v) is 9.31. The summed E-state index contributed by atoms with van der Waals surface area (Å²) in [5.41, 5.74) is 7.98. The number of ether oxygens (including phenoxy) is 2. The molecule has 7 heteroatoms. The summed E-state index contributed by atoms with van der Waals surface area (Å²) in [5.74, 6) is -0.827. The quantitative estimate of drug-likeness (QED) is 0.664. The van der Waals surface area contributed by atoms with Gasteiger partial charge >= 0.3 is 5.97 Å². The Hall–Kier alpha value is -3.35. The van der Waals surface area contributed by atoms with Crippen LogP contribution in [0.2, 0.25) is 0 Å². The van der Waals surface area contributed by atoms with E-state index in [1.165, 1.54) is 19.1 Å². The summed E-state index contributed by atoms with van der Waals surface area (Å²) < 4.78 is 10.8. The SMILES string of the molecule is Cc1ccc(C(C)C)c(OCC(=O)OC(C)C(=O)Nc2ccc(C(N)=O)cc2)c1. The molecule has 0 aliphatic carbocycles. The van der Waals surface area contributed by atoms with Gasteiger partial charge in [0.05, 0.1) is 0 Å². The molecule has 0 saturated heterocycles. The van der Waals surface area contributed by atoms with Crippen molar-refractivity contribution >= 4 is 23.5 Å². The van der Waals surface area contributed by atoms with E-state index in [0.717, 1.165) is 11.1 Å². The third-order valence-electron chi connectivity index (χ3n) is 4.25. The predicted molar refractivity (Wildman–Crippen MR) is 110 cm³/mol. The standard InChI is InChI=1S/C22H26N2O5/c1-13(2)18-10-5-14(3)11-19(18)28-12-20(25)29-15(4)22(27)24-17-8-6-16(7-9-17)21(23)26/h5-11,13,15H,12H2,1-4H3,(H2,23,26)(H,24,27). The van der Waals surface area contributed by atoms with Crippen molar-refractivity contribution < 1.29 is 23.9 Å². The van der Waals surface area contributed by atoms with Gasteiger partial charge < -0.3 is 20.5 Å². The molecule has 0 heterocycles. The topological polar surface area (TPSA) is 108 Å². The summed E-state index contributed by atoms with van der Waals surface area (Å²) in [6, 6.07) is 11.9. The van der Waals surface area contributed by atoms with Crippen molar-refractivity contribution in [1.82, 2.24) is 0 Å². The smallest absolute Gasteiger partial charge is 0.344 e. The molecule has 2 rings (SSSR count). The van der Waals surface area contributed by atoms with E-state index in [1.54, 1.807) is 12.1 Å². The zero-order chi connectivity index (χ0) is 21.6. The first-order chi connectivity index (χ1) is 13.7. The van der Waals surface area contributed by atoms with Crippen LogP contribution in [0.1, 0.15) is 48.2 Å². The second-order valence-corrected chi connectivity index (χ2v) is 7.05. The Bertz CT molecular complexity index is 891. The summed E-state index contributed by atoms with van der Waals surface area (Å²) in [5, 5.41) is 2.61. The molecule has 2 aromatic rings. The van der Waals surface area contributed by atoms with E-state index >= 15 is 0 Å². The van der Waals surface area contributed by atoms with E-state index in [-0.39, 0.29) is 12.5 Å². The molecule has 0 aliphatic heterocycles. The number of nitrogens with two attached hydrogens (primary N) is 1.